The summed E-state index contributed by atoms with van der Waals surface area (Å²) in [5, 5.41) is 0. The topological polar surface area (TPSA) is 12.5 Å². The highest BCUT2D eigenvalue weighted by atomic mass is 16.5. The average molecular weight is 169 g/mol. The van der Waals surface area contributed by atoms with Crippen molar-refractivity contribution in [3.63, 3.8) is 0 Å². The summed E-state index contributed by atoms with van der Waals surface area (Å²) in [5.74, 6) is 0.715. The predicted molar refractivity (Wildman–Crippen MR) is 48.9 cm³/mol. The van der Waals surface area contributed by atoms with Crippen LogP contribution in [0, 0.1) is 5.92 Å². The second-order valence-electron chi connectivity index (χ2n) is 4.41. The fraction of sp³-hybridized carbons (Fsp3) is 1.00. The van der Waals surface area contributed by atoms with Crippen LogP contribution < -0.4 is 0 Å². The molecule has 1 unspecified atom stereocenters. The molecular weight excluding hydrogens is 150 g/mol. The van der Waals surface area contributed by atoms with Crippen molar-refractivity contribution in [2.24, 2.45) is 5.92 Å². The number of rotatable bonds is 0. The Kier molecular flexibility index (Phi) is 1.92. The minimum atomic E-state index is 0.111. The predicted octanol–water partition coefficient (Wildman–Crippen LogP) is 1.85. The van der Waals surface area contributed by atoms with Crippen molar-refractivity contribution >= 4 is 0 Å². The summed E-state index contributed by atoms with van der Waals surface area (Å²) >= 11 is 0. The first-order valence-electron chi connectivity index (χ1n) is 5.04. The number of likely N-dealkylation sites (N-methyl/N-ethyl adjacent to an activating group) is 1. The van der Waals surface area contributed by atoms with Crippen LogP contribution in [-0.2, 0) is 4.74 Å². The first kappa shape index (κ1) is 8.52. The van der Waals surface area contributed by atoms with Gasteiger partial charge in [-0.15, -0.1) is 0 Å². The summed E-state index contributed by atoms with van der Waals surface area (Å²) < 4.78 is 5.96. The van der Waals surface area contributed by atoms with Gasteiger partial charge in [-0.2, -0.15) is 0 Å². The van der Waals surface area contributed by atoms with Crippen LogP contribution in [0.5, 0.6) is 0 Å². The summed E-state index contributed by atoms with van der Waals surface area (Å²) in [6.45, 7) is 5.49. The van der Waals surface area contributed by atoms with Crippen LogP contribution >= 0.6 is 0 Å². The van der Waals surface area contributed by atoms with E-state index in [4.69, 9.17) is 4.74 Å². The van der Waals surface area contributed by atoms with E-state index in [0.717, 1.165) is 6.61 Å². The van der Waals surface area contributed by atoms with Gasteiger partial charge in [-0.1, -0.05) is 6.92 Å². The molecule has 2 aliphatic rings. The van der Waals surface area contributed by atoms with Gasteiger partial charge in [0.05, 0.1) is 6.61 Å². The van der Waals surface area contributed by atoms with Crippen molar-refractivity contribution in [1.82, 2.24) is 4.90 Å². The molecule has 3 atom stereocenters. The molecule has 1 spiro atoms. The SMILES string of the molecule is CC1CCC[C@]12OC[C@@H](C)N2C. The van der Waals surface area contributed by atoms with Crippen LogP contribution in [0.3, 0.4) is 0 Å². The molecule has 0 aromatic heterocycles. The maximum Gasteiger partial charge on any atom is 0.124 e. The van der Waals surface area contributed by atoms with Crippen molar-refractivity contribution in [2.75, 3.05) is 13.7 Å². The third-order valence-electron chi connectivity index (χ3n) is 3.77. The lowest BCUT2D eigenvalue weighted by molar-refractivity contribution is -0.0979. The zero-order chi connectivity index (χ0) is 8.77. The van der Waals surface area contributed by atoms with Gasteiger partial charge in [0.25, 0.3) is 0 Å². The summed E-state index contributed by atoms with van der Waals surface area (Å²) in [6, 6.07) is 0.602. The molecule has 70 valence electrons. The Morgan fingerprint density at radius 1 is 1.42 bits per heavy atom. The summed E-state index contributed by atoms with van der Waals surface area (Å²) in [5.41, 5.74) is 0.111. The molecular formula is C10H19NO. The molecule has 2 heteroatoms. The number of hydrogen-bond donors (Lipinski definition) is 0. The minimum Gasteiger partial charge on any atom is -0.359 e. The molecule has 0 radical (unpaired) electrons. The molecule has 0 aromatic carbocycles. The molecule has 1 saturated heterocycles. The van der Waals surface area contributed by atoms with Crippen LogP contribution in [0.2, 0.25) is 0 Å². The third kappa shape index (κ3) is 0.944. The van der Waals surface area contributed by atoms with E-state index in [1.54, 1.807) is 0 Å². The highest BCUT2D eigenvalue weighted by molar-refractivity contribution is 4.96. The van der Waals surface area contributed by atoms with Crippen LogP contribution in [0.15, 0.2) is 0 Å². The highest BCUT2D eigenvalue weighted by Crippen LogP contribution is 2.44. The second-order valence-corrected chi connectivity index (χ2v) is 4.41. The Morgan fingerprint density at radius 2 is 2.17 bits per heavy atom. The Hall–Kier alpha value is -0.0800. The molecule has 1 saturated carbocycles. The maximum absolute atomic E-state index is 5.96. The molecule has 0 amide bonds. The molecule has 1 heterocycles. The van der Waals surface area contributed by atoms with Crippen molar-refractivity contribution < 1.29 is 4.74 Å². The van der Waals surface area contributed by atoms with Crippen molar-refractivity contribution in [1.29, 1.82) is 0 Å². The van der Waals surface area contributed by atoms with E-state index in [0.29, 0.717) is 12.0 Å². The molecule has 0 bridgehead atoms. The van der Waals surface area contributed by atoms with Crippen LogP contribution in [0.1, 0.15) is 33.1 Å². The zero-order valence-corrected chi connectivity index (χ0v) is 8.34. The van der Waals surface area contributed by atoms with Gasteiger partial charge in [0.15, 0.2) is 0 Å². The molecule has 12 heavy (non-hydrogen) atoms. The van der Waals surface area contributed by atoms with Gasteiger partial charge in [-0.25, -0.2) is 0 Å². The highest BCUT2D eigenvalue weighted by Gasteiger charge is 2.50. The molecule has 2 fully saturated rings. The summed E-state index contributed by atoms with van der Waals surface area (Å²) in [6.07, 6.45) is 3.89. The van der Waals surface area contributed by atoms with Crippen LogP contribution in [0.4, 0.5) is 0 Å². The van der Waals surface area contributed by atoms with E-state index in [9.17, 15) is 0 Å². The fourth-order valence-corrected chi connectivity index (χ4v) is 2.72. The van der Waals surface area contributed by atoms with Crippen molar-refractivity contribution in [3.05, 3.63) is 0 Å². The summed E-state index contributed by atoms with van der Waals surface area (Å²) in [4.78, 5) is 2.44. The van der Waals surface area contributed by atoms with E-state index >= 15 is 0 Å². The molecule has 1 aliphatic carbocycles. The Labute approximate surface area is 74.9 Å². The summed E-state index contributed by atoms with van der Waals surface area (Å²) in [7, 11) is 2.21. The van der Waals surface area contributed by atoms with E-state index in [1.165, 1.54) is 19.3 Å². The number of hydrogen-bond acceptors (Lipinski definition) is 2. The van der Waals surface area contributed by atoms with E-state index in [2.05, 4.69) is 25.8 Å². The largest absolute Gasteiger partial charge is 0.359 e. The van der Waals surface area contributed by atoms with E-state index < -0.39 is 0 Å². The van der Waals surface area contributed by atoms with Gasteiger partial charge >= 0.3 is 0 Å². The van der Waals surface area contributed by atoms with Gasteiger partial charge in [-0.05, 0) is 39.2 Å². The standard InChI is InChI=1S/C10H19NO/c1-8-5-4-6-10(8)11(3)9(2)7-12-10/h8-9H,4-7H2,1-3H3/t8?,9-,10+/m1/s1. The minimum absolute atomic E-state index is 0.111. The van der Waals surface area contributed by atoms with Crippen molar-refractivity contribution in [3.8, 4) is 0 Å². The lowest BCUT2D eigenvalue weighted by Crippen LogP contribution is -2.46. The first-order valence-corrected chi connectivity index (χ1v) is 5.04. The average Bonchev–Trinajstić information content (AvgIpc) is 2.54. The van der Waals surface area contributed by atoms with Gasteiger partial charge < -0.3 is 4.74 Å². The smallest absolute Gasteiger partial charge is 0.124 e. The monoisotopic (exact) mass is 169 g/mol. The molecule has 2 rings (SSSR count). The molecule has 0 N–H and O–H groups in total. The fourth-order valence-electron chi connectivity index (χ4n) is 2.72. The van der Waals surface area contributed by atoms with Gasteiger partial charge in [0.2, 0.25) is 0 Å². The van der Waals surface area contributed by atoms with Gasteiger partial charge in [0.1, 0.15) is 5.72 Å². The van der Waals surface area contributed by atoms with Gasteiger partial charge in [0, 0.05) is 6.04 Å². The second kappa shape index (κ2) is 2.71. The Morgan fingerprint density at radius 3 is 2.58 bits per heavy atom. The zero-order valence-electron chi connectivity index (χ0n) is 8.34. The Bertz CT molecular complexity index is 183. The van der Waals surface area contributed by atoms with Crippen LogP contribution in [-0.4, -0.2) is 30.3 Å². The normalized spacial score (nSPS) is 49.2. The number of nitrogens with zero attached hydrogens (tertiary/aromatic N) is 1. The number of ether oxygens (including phenoxy) is 1. The third-order valence-corrected chi connectivity index (χ3v) is 3.77. The quantitative estimate of drug-likeness (QED) is 0.549. The van der Waals surface area contributed by atoms with Crippen molar-refractivity contribution in [2.45, 2.75) is 44.9 Å². The molecule has 0 aromatic rings. The maximum atomic E-state index is 5.96. The van der Waals surface area contributed by atoms with E-state index in [1.807, 2.05) is 0 Å². The van der Waals surface area contributed by atoms with Gasteiger partial charge in [-0.3, -0.25) is 4.90 Å². The van der Waals surface area contributed by atoms with E-state index in [-0.39, 0.29) is 5.72 Å². The molecule has 2 nitrogen and oxygen atoms in total. The lowest BCUT2D eigenvalue weighted by atomic mass is 10.0. The molecule has 1 aliphatic heterocycles. The van der Waals surface area contributed by atoms with Crippen LogP contribution in [0.25, 0.3) is 0 Å². The Balaban J connectivity index is 2.20. The lowest BCUT2D eigenvalue weighted by Gasteiger charge is -2.36. The first-order chi connectivity index (χ1) is 5.67.